The molecule has 0 heterocycles. The smallest absolute Gasteiger partial charge is 0.303 e. The summed E-state index contributed by atoms with van der Waals surface area (Å²) in [5.41, 5.74) is 5.70. The van der Waals surface area contributed by atoms with Gasteiger partial charge in [0, 0.05) is 6.42 Å². The predicted octanol–water partition coefficient (Wildman–Crippen LogP) is 2.89. The van der Waals surface area contributed by atoms with Crippen LogP contribution in [0.1, 0.15) is 52.9 Å². The SMILES string of the molecule is CCCCCC(C(C)C)C(CN)CC(=O)O. The summed E-state index contributed by atoms with van der Waals surface area (Å²) >= 11 is 0. The van der Waals surface area contributed by atoms with Crippen LogP contribution in [-0.4, -0.2) is 17.6 Å². The molecule has 0 fully saturated rings. The van der Waals surface area contributed by atoms with Gasteiger partial charge < -0.3 is 10.8 Å². The zero-order valence-electron chi connectivity index (χ0n) is 10.9. The number of carboxylic acid groups (broad SMARTS) is 1. The maximum Gasteiger partial charge on any atom is 0.303 e. The molecule has 3 N–H and O–H groups in total. The Hall–Kier alpha value is -0.570. The highest BCUT2D eigenvalue weighted by molar-refractivity contribution is 5.67. The Kier molecular flexibility index (Phi) is 8.26. The molecule has 0 aliphatic rings. The van der Waals surface area contributed by atoms with Crippen LogP contribution in [0.2, 0.25) is 0 Å². The van der Waals surface area contributed by atoms with Crippen molar-refractivity contribution in [1.29, 1.82) is 0 Å². The first kappa shape index (κ1) is 15.4. The molecule has 0 aromatic carbocycles. The third-order valence-electron chi connectivity index (χ3n) is 3.34. The van der Waals surface area contributed by atoms with E-state index in [4.69, 9.17) is 10.8 Å². The molecule has 2 atom stereocenters. The fourth-order valence-electron chi connectivity index (χ4n) is 2.38. The van der Waals surface area contributed by atoms with Crippen LogP contribution in [0.15, 0.2) is 0 Å². The molecular weight excluding hydrogens is 202 g/mol. The predicted molar refractivity (Wildman–Crippen MR) is 67.3 cm³/mol. The highest BCUT2D eigenvalue weighted by Gasteiger charge is 2.24. The van der Waals surface area contributed by atoms with Crippen LogP contribution in [0.3, 0.4) is 0 Å². The number of rotatable bonds is 9. The molecule has 0 rings (SSSR count). The first-order valence-corrected chi connectivity index (χ1v) is 6.44. The minimum absolute atomic E-state index is 0.134. The van der Waals surface area contributed by atoms with Crippen LogP contribution < -0.4 is 5.73 Å². The van der Waals surface area contributed by atoms with Crippen LogP contribution in [0, 0.1) is 17.8 Å². The highest BCUT2D eigenvalue weighted by atomic mass is 16.4. The summed E-state index contributed by atoms with van der Waals surface area (Å²) in [5.74, 6) is 0.378. The summed E-state index contributed by atoms with van der Waals surface area (Å²) in [4.78, 5) is 10.8. The molecule has 0 aliphatic carbocycles. The number of unbranched alkanes of at least 4 members (excludes halogenated alkanes) is 2. The second-order valence-corrected chi connectivity index (χ2v) is 5.00. The first-order valence-electron chi connectivity index (χ1n) is 6.44. The number of carboxylic acids is 1. The van der Waals surface area contributed by atoms with Crippen molar-refractivity contribution in [3.05, 3.63) is 0 Å². The number of carbonyl (C=O) groups is 1. The molecule has 2 unspecified atom stereocenters. The van der Waals surface area contributed by atoms with E-state index in [9.17, 15) is 4.79 Å². The molecule has 0 aliphatic heterocycles. The molecule has 96 valence electrons. The van der Waals surface area contributed by atoms with Crippen molar-refractivity contribution in [2.75, 3.05) is 6.54 Å². The second-order valence-electron chi connectivity index (χ2n) is 5.00. The lowest BCUT2D eigenvalue weighted by Crippen LogP contribution is -2.29. The normalized spacial score (nSPS) is 15.1. The van der Waals surface area contributed by atoms with Crippen molar-refractivity contribution in [2.45, 2.75) is 52.9 Å². The average Bonchev–Trinajstić information content (AvgIpc) is 2.21. The van der Waals surface area contributed by atoms with Crippen molar-refractivity contribution in [2.24, 2.45) is 23.5 Å². The molecule has 16 heavy (non-hydrogen) atoms. The summed E-state index contributed by atoms with van der Waals surface area (Å²) in [7, 11) is 0. The summed E-state index contributed by atoms with van der Waals surface area (Å²) in [6, 6.07) is 0. The van der Waals surface area contributed by atoms with Crippen LogP contribution in [0.5, 0.6) is 0 Å². The van der Waals surface area contributed by atoms with Gasteiger partial charge in [-0.1, -0.05) is 40.0 Å². The lowest BCUT2D eigenvalue weighted by Gasteiger charge is -2.28. The minimum atomic E-state index is -0.725. The van der Waals surface area contributed by atoms with Crippen LogP contribution in [0.25, 0.3) is 0 Å². The number of aliphatic carboxylic acids is 1. The van der Waals surface area contributed by atoms with E-state index in [-0.39, 0.29) is 12.3 Å². The number of hydrogen-bond acceptors (Lipinski definition) is 2. The monoisotopic (exact) mass is 229 g/mol. The highest BCUT2D eigenvalue weighted by Crippen LogP contribution is 2.28. The molecule has 3 nitrogen and oxygen atoms in total. The van der Waals surface area contributed by atoms with Crippen molar-refractivity contribution in [3.8, 4) is 0 Å². The summed E-state index contributed by atoms with van der Waals surface area (Å²) in [6.07, 6.45) is 4.95. The van der Waals surface area contributed by atoms with Gasteiger partial charge in [-0.2, -0.15) is 0 Å². The molecule has 3 heteroatoms. The molecule has 0 radical (unpaired) electrons. The zero-order chi connectivity index (χ0) is 12.6. The largest absolute Gasteiger partial charge is 0.481 e. The van der Waals surface area contributed by atoms with E-state index in [0.29, 0.717) is 18.4 Å². The summed E-state index contributed by atoms with van der Waals surface area (Å²) in [5, 5.41) is 8.86. The van der Waals surface area contributed by atoms with Crippen molar-refractivity contribution in [1.82, 2.24) is 0 Å². The number of hydrogen-bond donors (Lipinski definition) is 2. The van der Waals surface area contributed by atoms with Gasteiger partial charge in [-0.3, -0.25) is 4.79 Å². The van der Waals surface area contributed by atoms with Crippen LogP contribution in [0.4, 0.5) is 0 Å². The van der Waals surface area contributed by atoms with Crippen LogP contribution >= 0.6 is 0 Å². The fourth-order valence-corrected chi connectivity index (χ4v) is 2.38. The Labute approximate surface area is 99.4 Å². The van der Waals surface area contributed by atoms with Gasteiger partial charge in [0.15, 0.2) is 0 Å². The fraction of sp³-hybridized carbons (Fsp3) is 0.923. The Morgan fingerprint density at radius 1 is 1.31 bits per heavy atom. The lowest BCUT2D eigenvalue weighted by atomic mass is 9.78. The van der Waals surface area contributed by atoms with Crippen molar-refractivity contribution < 1.29 is 9.90 Å². The second kappa shape index (κ2) is 8.57. The van der Waals surface area contributed by atoms with Gasteiger partial charge in [-0.15, -0.1) is 0 Å². The third kappa shape index (κ3) is 6.11. The van der Waals surface area contributed by atoms with E-state index in [0.717, 1.165) is 6.42 Å². The van der Waals surface area contributed by atoms with Crippen molar-refractivity contribution in [3.63, 3.8) is 0 Å². The summed E-state index contributed by atoms with van der Waals surface area (Å²) in [6.45, 7) is 7.01. The van der Waals surface area contributed by atoms with Gasteiger partial charge in [-0.25, -0.2) is 0 Å². The van der Waals surface area contributed by atoms with Gasteiger partial charge in [-0.05, 0) is 30.7 Å². The Morgan fingerprint density at radius 2 is 1.94 bits per heavy atom. The standard InChI is InChI=1S/C13H27NO2/c1-4-5-6-7-12(10(2)3)11(9-14)8-13(15)16/h10-12H,4-9,14H2,1-3H3,(H,15,16). The average molecular weight is 229 g/mol. The van der Waals surface area contributed by atoms with Gasteiger partial charge in [0.05, 0.1) is 0 Å². The van der Waals surface area contributed by atoms with E-state index < -0.39 is 5.97 Å². The maximum absolute atomic E-state index is 10.8. The Bertz CT molecular complexity index is 192. The molecule has 0 bridgehead atoms. The quantitative estimate of drug-likeness (QED) is 0.597. The third-order valence-corrected chi connectivity index (χ3v) is 3.34. The van der Waals surface area contributed by atoms with Gasteiger partial charge in [0.2, 0.25) is 0 Å². The first-order chi connectivity index (χ1) is 7.52. The lowest BCUT2D eigenvalue weighted by molar-refractivity contribution is -0.138. The Balaban J connectivity index is 4.28. The topological polar surface area (TPSA) is 63.3 Å². The summed E-state index contributed by atoms with van der Waals surface area (Å²) < 4.78 is 0. The van der Waals surface area contributed by atoms with Crippen molar-refractivity contribution >= 4 is 5.97 Å². The molecule has 0 amide bonds. The maximum atomic E-state index is 10.8. The molecule has 0 saturated carbocycles. The van der Waals surface area contributed by atoms with Gasteiger partial charge in [0.1, 0.15) is 0 Å². The van der Waals surface area contributed by atoms with E-state index in [1.165, 1.54) is 19.3 Å². The number of nitrogens with two attached hydrogens (primary N) is 1. The van der Waals surface area contributed by atoms with Gasteiger partial charge >= 0.3 is 5.97 Å². The van der Waals surface area contributed by atoms with E-state index >= 15 is 0 Å². The Morgan fingerprint density at radius 3 is 2.31 bits per heavy atom. The molecule has 0 spiro atoms. The molecular formula is C13H27NO2. The van der Waals surface area contributed by atoms with E-state index in [2.05, 4.69) is 20.8 Å². The van der Waals surface area contributed by atoms with E-state index in [1.807, 2.05) is 0 Å². The zero-order valence-corrected chi connectivity index (χ0v) is 10.9. The van der Waals surface area contributed by atoms with E-state index in [1.54, 1.807) is 0 Å². The van der Waals surface area contributed by atoms with Crippen LogP contribution in [-0.2, 0) is 4.79 Å². The minimum Gasteiger partial charge on any atom is -0.481 e. The molecule has 0 aromatic rings. The molecule has 0 saturated heterocycles. The van der Waals surface area contributed by atoms with Gasteiger partial charge in [0.25, 0.3) is 0 Å². The molecule has 0 aromatic heterocycles.